The van der Waals surface area contributed by atoms with E-state index < -0.39 is 24.1 Å². The molecule has 7 heteroatoms. The quantitative estimate of drug-likeness (QED) is 0.742. The van der Waals surface area contributed by atoms with Gasteiger partial charge < -0.3 is 15.7 Å². The fourth-order valence-corrected chi connectivity index (χ4v) is 3.37. The Bertz CT molecular complexity index is 882. The molecule has 28 heavy (non-hydrogen) atoms. The van der Waals surface area contributed by atoms with Crippen LogP contribution in [0.3, 0.4) is 0 Å². The van der Waals surface area contributed by atoms with Crippen LogP contribution in [0.5, 0.6) is 0 Å². The fraction of sp³-hybridized carbons (Fsp3) is 0.286. The molecule has 3 N–H and O–H groups in total. The molecule has 0 saturated heterocycles. The molecule has 3 rings (SSSR count). The van der Waals surface area contributed by atoms with Gasteiger partial charge in [0.1, 0.15) is 12.1 Å². The van der Waals surface area contributed by atoms with Crippen molar-refractivity contribution >= 4 is 29.3 Å². The summed E-state index contributed by atoms with van der Waals surface area (Å²) in [5.74, 6) is -1.58. The van der Waals surface area contributed by atoms with E-state index >= 15 is 0 Å². The number of nitrogens with zero attached hydrogens (tertiary/aromatic N) is 1. The van der Waals surface area contributed by atoms with Gasteiger partial charge in [0, 0.05) is 6.42 Å². The second-order valence-electron chi connectivity index (χ2n) is 7.10. The zero-order chi connectivity index (χ0) is 20.3. The molecule has 2 atom stereocenters. The van der Waals surface area contributed by atoms with E-state index in [0.29, 0.717) is 11.4 Å². The number of urea groups is 1. The summed E-state index contributed by atoms with van der Waals surface area (Å²) in [4.78, 5) is 38.8. The molecule has 0 saturated carbocycles. The van der Waals surface area contributed by atoms with Crippen LogP contribution in [0.2, 0.25) is 0 Å². The standard InChI is InChI=1S/C21H23N3O4/c1-13(2)18-19(25)22-15-10-6-7-11-17(15)24(18)21(28)23-16(20(26)27)12-14-8-4-3-5-9-14/h3-11,13,16,18H,12H2,1-2H3,(H,22,25)(H,23,28)(H,26,27)/t16-,18-/m0/s1. The molecule has 0 spiro atoms. The number of hydrogen-bond donors (Lipinski definition) is 3. The van der Waals surface area contributed by atoms with E-state index in [4.69, 9.17) is 0 Å². The molecular weight excluding hydrogens is 358 g/mol. The van der Waals surface area contributed by atoms with Crippen LogP contribution < -0.4 is 15.5 Å². The Kier molecular flexibility index (Phi) is 5.63. The number of anilines is 2. The molecule has 0 radical (unpaired) electrons. The van der Waals surface area contributed by atoms with Crippen molar-refractivity contribution in [2.75, 3.05) is 10.2 Å². The molecule has 1 heterocycles. The number of nitrogens with one attached hydrogen (secondary N) is 2. The number of fused-ring (bicyclic) bond motifs is 1. The third kappa shape index (κ3) is 3.98. The Labute approximate surface area is 163 Å². The summed E-state index contributed by atoms with van der Waals surface area (Å²) in [5, 5.41) is 15.0. The zero-order valence-corrected chi connectivity index (χ0v) is 15.8. The third-order valence-corrected chi connectivity index (χ3v) is 4.70. The fourth-order valence-electron chi connectivity index (χ4n) is 3.37. The first-order valence-corrected chi connectivity index (χ1v) is 9.15. The molecule has 2 aromatic carbocycles. The van der Waals surface area contributed by atoms with Crippen molar-refractivity contribution in [3.63, 3.8) is 0 Å². The monoisotopic (exact) mass is 381 g/mol. The first-order chi connectivity index (χ1) is 13.4. The van der Waals surface area contributed by atoms with Gasteiger partial charge in [-0.2, -0.15) is 0 Å². The molecular formula is C21H23N3O4. The van der Waals surface area contributed by atoms with Gasteiger partial charge in [-0.05, 0) is 23.6 Å². The summed E-state index contributed by atoms with van der Waals surface area (Å²) in [6, 6.07) is 13.6. The molecule has 0 fully saturated rings. The maximum absolute atomic E-state index is 13.1. The Morgan fingerprint density at radius 3 is 2.39 bits per heavy atom. The number of amides is 3. The van der Waals surface area contributed by atoms with Crippen molar-refractivity contribution in [2.45, 2.75) is 32.4 Å². The van der Waals surface area contributed by atoms with Gasteiger partial charge in [-0.25, -0.2) is 9.59 Å². The van der Waals surface area contributed by atoms with Crippen molar-refractivity contribution in [1.29, 1.82) is 0 Å². The number of benzene rings is 2. The maximum Gasteiger partial charge on any atom is 0.326 e. The zero-order valence-electron chi connectivity index (χ0n) is 15.8. The highest BCUT2D eigenvalue weighted by Gasteiger charge is 2.39. The van der Waals surface area contributed by atoms with Crippen LogP contribution in [0.15, 0.2) is 54.6 Å². The van der Waals surface area contributed by atoms with Crippen LogP contribution in [0.1, 0.15) is 19.4 Å². The molecule has 1 aliphatic rings. The van der Waals surface area contributed by atoms with E-state index in [1.54, 1.807) is 24.3 Å². The molecule has 7 nitrogen and oxygen atoms in total. The molecule has 0 aliphatic carbocycles. The summed E-state index contributed by atoms with van der Waals surface area (Å²) in [6.45, 7) is 3.69. The molecule has 1 aliphatic heterocycles. The van der Waals surface area contributed by atoms with E-state index in [0.717, 1.165) is 5.56 Å². The number of carbonyl (C=O) groups is 3. The molecule has 2 aromatic rings. The highest BCUT2D eigenvalue weighted by molar-refractivity contribution is 6.12. The topological polar surface area (TPSA) is 98.7 Å². The minimum Gasteiger partial charge on any atom is -0.480 e. The van der Waals surface area contributed by atoms with Crippen molar-refractivity contribution in [2.24, 2.45) is 5.92 Å². The van der Waals surface area contributed by atoms with Gasteiger partial charge in [-0.1, -0.05) is 56.3 Å². The summed E-state index contributed by atoms with van der Waals surface area (Å²) in [5.41, 5.74) is 1.86. The van der Waals surface area contributed by atoms with Crippen LogP contribution in [0, 0.1) is 5.92 Å². The highest BCUT2D eigenvalue weighted by Crippen LogP contribution is 2.34. The minimum atomic E-state index is -1.13. The van der Waals surface area contributed by atoms with E-state index in [-0.39, 0.29) is 18.2 Å². The lowest BCUT2D eigenvalue weighted by atomic mass is 9.98. The van der Waals surface area contributed by atoms with E-state index in [2.05, 4.69) is 10.6 Å². The van der Waals surface area contributed by atoms with Gasteiger partial charge in [0.2, 0.25) is 5.91 Å². The molecule has 0 unspecified atom stereocenters. The van der Waals surface area contributed by atoms with Crippen LogP contribution >= 0.6 is 0 Å². The summed E-state index contributed by atoms with van der Waals surface area (Å²) >= 11 is 0. The van der Waals surface area contributed by atoms with Crippen LogP contribution in [-0.4, -0.2) is 35.1 Å². The predicted molar refractivity (Wildman–Crippen MR) is 106 cm³/mol. The SMILES string of the molecule is CC(C)[C@H]1C(=O)Nc2ccccc2N1C(=O)N[C@@H](Cc1ccccc1)C(=O)O. The predicted octanol–water partition coefficient (Wildman–Crippen LogP) is 2.88. The van der Waals surface area contributed by atoms with Gasteiger partial charge in [0.15, 0.2) is 0 Å². The summed E-state index contributed by atoms with van der Waals surface area (Å²) < 4.78 is 0. The van der Waals surface area contributed by atoms with E-state index in [1.165, 1.54) is 4.90 Å². The number of rotatable bonds is 5. The number of para-hydroxylation sites is 2. The van der Waals surface area contributed by atoms with Crippen molar-refractivity contribution in [3.8, 4) is 0 Å². The third-order valence-electron chi connectivity index (χ3n) is 4.70. The lowest BCUT2D eigenvalue weighted by molar-refractivity contribution is -0.139. The number of hydrogen-bond acceptors (Lipinski definition) is 3. The minimum absolute atomic E-state index is 0.149. The average molecular weight is 381 g/mol. The number of aliphatic carboxylic acids is 1. The first kappa shape index (κ1) is 19.4. The van der Waals surface area contributed by atoms with Gasteiger partial charge in [-0.3, -0.25) is 9.69 Å². The number of carboxylic acid groups (broad SMARTS) is 1. The molecule has 0 bridgehead atoms. The summed E-state index contributed by atoms with van der Waals surface area (Å²) in [7, 11) is 0. The molecule has 3 amide bonds. The second-order valence-corrected chi connectivity index (χ2v) is 7.10. The largest absolute Gasteiger partial charge is 0.480 e. The molecule has 0 aromatic heterocycles. The lowest BCUT2D eigenvalue weighted by Gasteiger charge is -2.38. The van der Waals surface area contributed by atoms with Gasteiger partial charge in [0.25, 0.3) is 0 Å². The van der Waals surface area contributed by atoms with Gasteiger partial charge in [-0.15, -0.1) is 0 Å². The number of carbonyl (C=O) groups excluding carboxylic acids is 2. The first-order valence-electron chi connectivity index (χ1n) is 9.15. The van der Waals surface area contributed by atoms with Crippen molar-refractivity contribution < 1.29 is 19.5 Å². The van der Waals surface area contributed by atoms with Gasteiger partial charge in [0.05, 0.1) is 11.4 Å². The van der Waals surface area contributed by atoms with Crippen molar-refractivity contribution in [3.05, 3.63) is 60.2 Å². The Morgan fingerprint density at radius 2 is 1.75 bits per heavy atom. The van der Waals surface area contributed by atoms with Crippen LogP contribution in [-0.2, 0) is 16.0 Å². The van der Waals surface area contributed by atoms with Crippen LogP contribution in [0.25, 0.3) is 0 Å². The maximum atomic E-state index is 13.1. The van der Waals surface area contributed by atoms with Crippen molar-refractivity contribution in [1.82, 2.24) is 5.32 Å². The smallest absolute Gasteiger partial charge is 0.326 e. The van der Waals surface area contributed by atoms with E-state index in [1.807, 2.05) is 44.2 Å². The number of carboxylic acids is 1. The Hall–Kier alpha value is -3.35. The van der Waals surface area contributed by atoms with E-state index in [9.17, 15) is 19.5 Å². The average Bonchev–Trinajstić information content (AvgIpc) is 2.66. The lowest BCUT2D eigenvalue weighted by Crippen LogP contribution is -2.59. The normalized spacial score (nSPS) is 16.9. The van der Waals surface area contributed by atoms with Gasteiger partial charge >= 0.3 is 12.0 Å². The molecule has 146 valence electrons. The summed E-state index contributed by atoms with van der Waals surface area (Å²) in [6.07, 6.45) is 0.149. The van der Waals surface area contributed by atoms with Crippen LogP contribution in [0.4, 0.5) is 16.2 Å². The highest BCUT2D eigenvalue weighted by atomic mass is 16.4. The Balaban J connectivity index is 1.89. The Morgan fingerprint density at radius 1 is 1.11 bits per heavy atom. The second kappa shape index (κ2) is 8.12.